The van der Waals surface area contributed by atoms with Crippen molar-refractivity contribution in [1.29, 1.82) is 15.9 Å². The van der Waals surface area contributed by atoms with Gasteiger partial charge in [-0.05, 0) is 153 Å². The number of benzene rings is 9. The highest BCUT2D eigenvalue weighted by molar-refractivity contribution is 6.29. The second-order valence-corrected chi connectivity index (χ2v) is 28.7. The number of aryl methyl sites for hydroxylation is 2. The first-order valence-corrected chi connectivity index (χ1v) is 38.2. The van der Waals surface area contributed by atoms with E-state index in [-0.39, 0.29) is 44.9 Å². The number of para-hydroxylation sites is 4. The third-order valence-corrected chi connectivity index (χ3v) is 22.4. The molecular formula is C93H77N13O7. The highest BCUT2D eigenvalue weighted by Crippen LogP contribution is 2.44. The molecule has 0 atom stereocenters. The fourth-order valence-corrected chi connectivity index (χ4v) is 16.6. The lowest BCUT2D eigenvalue weighted by molar-refractivity contribution is 0.103. The number of carbonyl (C=O) groups excluding carboxylic acids is 2. The SMILES string of the molecule is CCN(CC)c1ccc2cc3c(oc2c1)c(C#N)c(=N)n1c2ccccc2nc31.CCN(CC)c1ccc2cc3c(oc2c1)c(C#N)c(=O)n1c2ccccc2nc31.Cn1c(=O)cc2c3c(c(NC4CCCCC4)ccc31)C(=O)c1ccccc1-2.Cn1c(=O)cc2c3c(c(NCc4ccccc4)ccc31)C(=O)c1ccccc1-2. The summed E-state index contributed by atoms with van der Waals surface area (Å²) in [6.45, 7) is 12.6. The van der Waals surface area contributed by atoms with Gasteiger partial charge in [0.25, 0.3) is 16.7 Å². The molecule has 8 aromatic heterocycles. The van der Waals surface area contributed by atoms with Crippen molar-refractivity contribution in [3.05, 3.63) is 288 Å². The maximum Gasteiger partial charge on any atom is 0.278 e. The van der Waals surface area contributed by atoms with Crippen LogP contribution in [0.3, 0.4) is 0 Å². The van der Waals surface area contributed by atoms with Crippen LogP contribution >= 0.6 is 0 Å². The van der Waals surface area contributed by atoms with Crippen molar-refractivity contribution in [2.75, 3.05) is 46.6 Å². The summed E-state index contributed by atoms with van der Waals surface area (Å²) in [6, 6.07) is 72.0. The summed E-state index contributed by atoms with van der Waals surface area (Å²) in [7, 11) is 3.51. The van der Waals surface area contributed by atoms with Crippen molar-refractivity contribution < 1.29 is 18.4 Å². The molecule has 1 fully saturated rings. The quantitative estimate of drug-likeness (QED) is 0.102. The number of carbonyl (C=O) groups is 2. The molecule has 20 rings (SSSR count). The fourth-order valence-electron chi connectivity index (χ4n) is 16.6. The Morgan fingerprint density at radius 3 is 1.44 bits per heavy atom. The van der Waals surface area contributed by atoms with Crippen molar-refractivity contribution >= 4 is 133 Å². The van der Waals surface area contributed by atoms with E-state index in [0.29, 0.717) is 79.3 Å². The van der Waals surface area contributed by atoms with Crippen LogP contribution in [0.25, 0.3) is 121 Å². The van der Waals surface area contributed by atoms with E-state index in [9.17, 15) is 34.5 Å². The van der Waals surface area contributed by atoms with E-state index >= 15 is 0 Å². The minimum Gasteiger partial charge on any atom is -0.454 e. The van der Waals surface area contributed by atoms with Gasteiger partial charge >= 0.3 is 0 Å². The molecule has 556 valence electrons. The highest BCUT2D eigenvalue weighted by Gasteiger charge is 2.32. The Bertz CT molecular complexity index is 6950. The molecule has 9 aromatic carbocycles. The molecule has 0 saturated heterocycles. The van der Waals surface area contributed by atoms with Gasteiger partial charge in [-0.3, -0.25) is 38.2 Å². The van der Waals surface area contributed by atoms with E-state index in [0.717, 1.165) is 139 Å². The van der Waals surface area contributed by atoms with Crippen LogP contribution in [0.15, 0.2) is 236 Å². The first kappa shape index (κ1) is 71.7. The molecule has 3 aliphatic carbocycles. The number of nitrogens with zero attached hydrogens (tertiary/aromatic N) is 10. The van der Waals surface area contributed by atoms with Crippen molar-refractivity contribution in [2.45, 2.75) is 72.4 Å². The first-order chi connectivity index (χ1) is 55.1. The third kappa shape index (κ3) is 12.2. The van der Waals surface area contributed by atoms with Crippen molar-refractivity contribution in [3.63, 3.8) is 0 Å². The number of hydrogen-bond donors (Lipinski definition) is 3. The zero-order valence-electron chi connectivity index (χ0n) is 63.2. The molecule has 3 N–H and O–H groups in total. The summed E-state index contributed by atoms with van der Waals surface area (Å²) in [6.07, 6.45) is 6.04. The van der Waals surface area contributed by atoms with Crippen LogP contribution in [0.4, 0.5) is 22.7 Å². The Morgan fingerprint density at radius 1 is 0.478 bits per heavy atom. The molecule has 0 aliphatic heterocycles. The van der Waals surface area contributed by atoms with Gasteiger partial charge < -0.3 is 38.4 Å². The van der Waals surface area contributed by atoms with E-state index in [1.807, 2.05) is 194 Å². The number of aromatic nitrogens is 6. The molecule has 0 unspecified atom stereocenters. The Kier molecular flexibility index (Phi) is 18.6. The highest BCUT2D eigenvalue weighted by atomic mass is 16.3. The molecule has 0 amide bonds. The lowest BCUT2D eigenvalue weighted by atomic mass is 9.83. The van der Waals surface area contributed by atoms with Crippen LogP contribution < -0.4 is 42.6 Å². The lowest BCUT2D eigenvalue weighted by Gasteiger charge is -2.28. The van der Waals surface area contributed by atoms with Gasteiger partial charge in [0, 0.05) is 133 Å². The Morgan fingerprint density at radius 2 is 0.929 bits per heavy atom. The Hall–Kier alpha value is -14.2. The predicted octanol–water partition coefficient (Wildman–Crippen LogP) is 17.9. The van der Waals surface area contributed by atoms with Gasteiger partial charge in [0.15, 0.2) is 45.1 Å². The van der Waals surface area contributed by atoms with Gasteiger partial charge in [-0.2, -0.15) is 10.5 Å². The number of nitrogens with one attached hydrogen (secondary N) is 3. The van der Waals surface area contributed by atoms with Gasteiger partial charge in [0.2, 0.25) is 0 Å². The summed E-state index contributed by atoms with van der Waals surface area (Å²) < 4.78 is 18.8. The number of ketones is 2. The van der Waals surface area contributed by atoms with Gasteiger partial charge in [0.1, 0.15) is 28.9 Å². The summed E-state index contributed by atoms with van der Waals surface area (Å²) in [4.78, 5) is 78.7. The fraction of sp³-hybridized carbons (Fsp3) is 0.183. The summed E-state index contributed by atoms with van der Waals surface area (Å²) in [5.41, 5.74) is 18.4. The van der Waals surface area contributed by atoms with Crippen LogP contribution in [0.1, 0.15) is 108 Å². The maximum absolute atomic E-state index is 13.4. The normalized spacial score (nSPS) is 12.8. The standard InChI is InChI=1S/C24H18N2O2.C23H19N5O.C23H18N4O2.C23H22N2O2/c1-26-20-12-11-19(25-14-15-7-3-2-4-8-15)23-22(20)18(13-21(26)27)16-9-5-6-10-17(16)24(23)28;1-3-27(4-2)15-10-9-14-11-16-21(29-20(14)12-15)17(13-24)22(25)28-19-8-6-5-7-18(19)26-23(16)28;1-3-26(4-2)15-10-9-14-11-16-21(29-20(14)12-15)17(13-24)23(28)27-19-8-6-5-7-18(19)25-22(16)27;1-25-19-12-11-18(24-14-7-3-2-4-8-14)22-21(19)17(13-20(25)26)15-9-5-6-10-16(15)23(22)27/h2-13,25H,14H2,1H3;5-12,25H,3-4H2,1-2H3;5-12H,3-4H2,1-2H3;5-6,9-14,24H,2-4,7-8H2,1H3. The molecule has 1 saturated carbocycles. The Balaban J connectivity index is 0.000000109. The minimum absolute atomic E-state index is 0.00852. The summed E-state index contributed by atoms with van der Waals surface area (Å²) >= 11 is 0. The molecule has 8 heterocycles. The van der Waals surface area contributed by atoms with Gasteiger partial charge in [-0.1, -0.05) is 122 Å². The number of hydrogen-bond acceptors (Lipinski definition) is 16. The third-order valence-electron chi connectivity index (χ3n) is 22.4. The number of fused-ring (bicyclic) bond motifs is 16. The average Bonchev–Trinajstić information content (AvgIpc) is 1.06. The molecule has 20 heteroatoms. The van der Waals surface area contributed by atoms with Gasteiger partial charge in [0.05, 0.1) is 55.0 Å². The van der Waals surface area contributed by atoms with Crippen LogP contribution in [0, 0.1) is 28.1 Å². The van der Waals surface area contributed by atoms with E-state index in [1.54, 1.807) is 39.8 Å². The molecule has 20 nitrogen and oxygen atoms in total. The molecule has 3 aliphatic rings. The topological polar surface area (TPSA) is 258 Å². The summed E-state index contributed by atoms with van der Waals surface area (Å²) in [5.74, 6) is 0.0311. The zero-order valence-corrected chi connectivity index (χ0v) is 63.2. The van der Waals surface area contributed by atoms with Gasteiger partial charge in [-0.15, -0.1) is 0 Å². The summed E-state index contributed by atoms with van der Waals surface area (Å²) in [5, 5.41) is 40.2. The second kappa shape index (κ2) is 29.3. The number of rotatable bonds is 11. The molecule has 0 radical (unpaired) electrons. The largest absolute Gasteiger partial charge is 0.454 e. The molecule has 0 bridgehead atoms. The number of imidazole rings is 2. The number of nitriles is 2. The minimum atomic E-state index is -0.410. The van der Waals surface area contributed by atoms with Crippen LogP contribution in [-0.2, 0) is 20.6 Å². The van der Waals surface area contributed by atoms with E-state index in [1.165, 1.54) is 23.7 Å². The van der Waals surface area contributed by atoms with E-state index in [4.69, 9.17) is 19.2 Å². The average molecular weight is 1490 g/mol. The van der Waals surface area contributed by atoms with Crippen molar-refractivity contribution in [2.24, 2.45) is 14.1 Å². The second-order valence-electron chi connectivity index (χ2n) is 28.7. The molecule has 17 aromatic rings. The van der Waals surface area contributed by atoms with E-state index in [2.05, 4.69) is 71.3 Å². The molecular weight excluding hydrogens is 1410 g/mol. The molecule has 113 heavy (non-hydrogen) atoms. The van der Waals surface area contributed by atoms with E-state index < -0.39 is 5.56 Å². The van der Waals surface area contributed by atoms with Gasteiger partial charge in [-0.25, -0.2) is 9.97 Å². The van der Waals surface area contributed by atoms with Crippen molar-refractivity contribution in [1.82, 2.24) is 27.9 Å². The smallest absolute Gasteiger partial charge is 0.278 e. The Labute approximate surface area is 647 Å². The molecule has 0 spiro atoms. The lowest BCUT2D eigenvalue weighted by Crippen LogP contribution is -2.25. The van der Waals surface area contributed by atoms with Crippen LogP contribution in [0.2, 0.25) is 0 Å². The number of anilines is 4. The van der Waals surface area contributed by atoms with Crippen molar-refractivity contribution in [3.8, 4) is 34.4 Å². The maximum atomic E-state index is 13.4. The monoisotopic (exact) mass is 1490 g/mol. The predicted molar refractivity (Wildman–Crippen MR) is 449 cm³/mol. The van der Waals surface area contributed by atoms with Crippen LogP contribution in [0.5, 0.6) is 0 Å². The number of pyridine rings is 4. The van der Waals surface area contributed by atoms with Crippen LogP contribution in [-0.4, -0.2) is 71.7 Å². The zero-order chi connectivity index (χ0) is 78.0. The first-order valence-electron chi connectivity index (χ1n) is 38.2.